The van der Waals surface area contributed by atoms with E-state index in [9.17, 15) is 4.79 Å². The third kappa shape index (κ3) is 2.90. The van der Waals surface area contributed by atoms with Gasteiger partial charge < -0.3 is 9.47 Å². The van der Waals surface area contributed by atoms with Gasteiger partial charge in [0.1, 0.15) is 0 Å². The fraction of sp³-hybridized carbons (Fsp3) is 0.267. The molecule has 0 unspecified atom stereocenters. The van der Waals surface area contributed by atoms with Gasteiger partial charge in [-0.05, 0) is 54.3 Å². The standard InChI is InChI=1S/C15H12Cl2N6OS/c1-8-11-19-20-12(13-18-15(17)21-25-13)23(11)7-6-22(8)14(24)9-2-4-10(16)5-3-9/h2-5,8H,6-7H2,1H3/t8-/m1/s1/i4D. The van der Waals surface area contributed by atoms with E-state index in [0.717, 1.165) is 11.5 Å². The maximum atomic E-state index is 12.9. The molecule has 0 fully saturated rings. The molecule has 0 saturated heterocycles. The molecule has 25 heavy (non-hydrogen) atoms. The number of rotatable bonds is 2. The van der Waals surface area contributed by atoms with E-state index in [2.05, 4.69) is 19.6 Å². The van der Waals surface area contributed by atoms with E-state index in [4.69, 9.17) is 24.6 Å². The van der Waals surface area contributed by atoms with Gasteiger partial charge in [-0.3, -0.25) is 4.79 Å². The van der Waals surface area contributed by atoms with Crippen LogP contribution in [0.2, 0.25) is 10.3 Å². The minimum atomic E-state index is -0.272. The number of aromatic nitrogens is 5. The highest BCUT2D eigenvalue weighted by Crippen LogP contribution is 2.30. The van der Waals surface area contributed by atoms with Crippen LogP contribution in [0.5, 0.6) is 0 Å². The molecule has 2 aromatic heterocycles. The summed E-state index contributed by atoms with van der Waals surface area (Å²) in [7, 11) is 0. The van der Waals surface area contributed by atoms with Crippen molar-refractivity contribution in [2.24, 2.45) is 0 Å². The second-order valence-electron chi connectivity index (χ2n) is 5.50. The molecule has 128 valence electrons. The summed E-state index contributed by atoms with van der Waals surface area (Å²) in [5, 5.41) is 9.52. The maximum Gasteiger partial charge on any atom is 0.254 e. The van der Waals surface area contributed by atoms with Crippen LogP contribution in [0.25, 0.3) is 10.8 Å². The Morgan fingerprint density at radius 3 is 2.88 bits per heavy atom. The van der Waals surface area contributed by atoms with E-state index in [1.807, 2.05) is 11.5 Å². The molecule has 3 aromatic rings. The third-order valence-corrected chi connectivity index (χ3v) is 5.28. The van der Waals surface area contributed by atoms with Crippen LogP contribution in [-0.2, 0) is 6.54 Å². The van der Waals surface area contributed by atoms with Crippen molar-refractivity contribution in [3.63, 3.8) is 0 Å². The van der Waals surface area contributed by atoms with Crippen molar-refractivity contribution in [2.75, 3.05) is 6.54 Å². The van der Waals surface area contributed by atoms with Crippen LogP contribution >= 0.6 is 34.7 Å². The number of nitrogens with zero attached hydrogens (tertiary/aromatic N) is 6. The molecular weight excluding hydrogens is 383 g/mol. The number of hydrogen-bond acceptors (Lipinski definition) is 6. The van der Waals surface area contributed by atoms with Crippen LogP contribution < -0.4 is 0 Å². The lowest BCUT2D eigenvalue weighted by Crippen LogP contribution is -2.41. The molecule has 3 heterocycles. The first-order valence-electron chi connectivity index (χ1n) is 7.95. The van der Waals surface area contributed by atoms with E-state index in [-0.39, 0.29) is 23.3 Å². The van der Waals surface area contributed by atoms with Gasteiger partial charge in [-0.25, -0.2) is 4.98 Å². The summed E-state index contributed by atoms with van der Waals surface area (Å²) in [5.74, 6) is 1.10. The molecule has 0 aliphatic carbocycles. The van der Waals surface area contributed by atoms with Gasteiger partial charge in [0.25, 0.3) is 5.91 Å². The molecule has 7 nitrogen and oxygen atoms in total. The number of fused-ring (bicyclic) bond motifs is 1. The first-order chi connectivity index (χ1) is 12.5. The summed E-state index contributed by atoms with van der Waals surface area (Å²) in [4.78, 5) is 18.7. The molecule has 1 aromatic carbocycles. The molecule has 1 amide bonds. The second-order valence-corrected chi connectivity index (χ2v) is 7.00. The maximum absolute atomic E-state index is 12.9. The summed E-state index contributed by atoms with van der Waals surface area (Å²) in [6.45, 7) is 2.92. The highest BCUT2D eigenvalue weighted by Gasteiger charge is 2.32. The quantitative estimate of drug-likeness (QED) is 0.664. The largest absolute Gasteiger partial charge is 0.327 e. The SMILES string of the molecule is [2H]c1cc(C(=O)N2CCn3c(-c4nc(Cl)ns4)nnc3[C@H]2C)ccc1Cl. The van der Waals surface area contributed by atoms with Crippen molar-refractivity contribution in [3.8, 4) is 10.8 Å². The second kappa shape index (κ2) is 6.36. The van der Waals surface area contributed by atoms with Crippen molar-refractivity contribution in [1.82, 2.24) is 29.0 Å². The highest BCUT2D eigenvalue weighted by molar-refractivity contribution is 7.09. The molecule has 0 radical (unpaired) electrons. The Kier molecular flexibility index (Phi) is 3.88. The van der Waals surface area contributed by atoms with Crippen LogP contribution in [-0.4, -0.2) is 41.5 Å². The van der Waals surface area contributed by atoms with Gasteiger partial charge in [0.2, 0.25) is 5.28 Å². The Labute approximate surface area is 158 Å². The van der Waals surface area contributed by atoms with Crippen molar-refractivity contribution in [1.29, 1.82) is 0 Å². The van der Waals surface area contributed by atoms with Gasteiger partial charge in [-0.15, -0.1) is 10.2 Å². The number of amides is 1. The lowest BCUT2D eigenvalue weighted by Gasteiger charge is -2.33. The molecule has 4 rings (SSSR count). The molecule has 1 atom stereocenters. The topological polar surface area (TPSA) is 76.8 Å². The van der Waals surface area contributed by atoms with E-state index >= 15 is 0 Å². The molecule has 10 heteroatoms. The third-order valence-electron chi connectivity index (χ3n) is 4.06. The number of carbonyl (C=O) groups excluding carboxylic acids is 1. The summed E-state index contributed by atoms with van der Waals surface area (Å²) >= 11 is 12.8. The van der Waals surface area contributed by atoms with E-state index in [1.54, 1.807) is 17.0 Å². The summed E-state index contributed by atoms with van der Waals surface area (Å²) < 4.78 is 13.7. The Hall–Kier alpha value is -2.03. The molecule has 0 bridgehead atoms. The number of hydrogen-bond donors (Lipinski definition) is 0. The predicted octanol–water partition coefficient (Wildman–Crippen LogP) is 3.32. The van der Waals surface area contributed by atoms with E-state index in [1.165, 1.54) is 6.07 Å². The fourth-order valence-electron chi connectivity index (χ4n) is 2.82. The van der Waals surface area contributed by atoms with Gasteiger partial charge in [-0.1, -0.05) is 11.6 Å². The van der Waals surface area contributed by atoms with Crippen LogP contribution in [0, 0.1) is 0 Å². The average molecular weight is 396 g/mol. The van der Waals surface area contributed by atoms with Crippen LogP contribution in [0.4, 0.5) is 0 Å². The minimum absolute atomic E-state index is 0.126. The lowest BCUT2D eigenvalue weighted by molar-refractivity contribution is 0.0638. The van der Waals surface area contributed by atoms with E-state index < -0.39 is 0 Å². The van der Waals surface area contributed by atoms with E-state index in [0.29, 0.717) is 40.3 Å². The lowest BCUT2D eigenvalue weighted by atomic mass is 10.1. The summed E-state index contributed by atoms with van der Waals surface area (Å²) in [6.07, 6.45) is 0. The van der Waals surface area contributed by atoms with Gasteiger partial charge in [0.05, 0.1) is 7.41 Å². The summed E-state index contributed by atoms with van der Waals surface area (Å²) in [6, 6.07) is 4.52. The smallest absolute Gasteiger partial charge is 0.254 e. The Balaban J connectivity index is 1.64. The summed E-state index contributed by atoms with van der Waals surface area (Å²) in [5.41, 5.74) is 0.426. The molecular formula is C15H12Cl2N6OS. The highest BCUT2D eigenvalue weighted by atomic mass is 35.5. The molecule has 0 spiro atoms. The Morgan fingerprint density at radius 1 is 1.32 bits per heavy atom. The first-order valence-corrected chi connectivity index (χ1v) is 8.98. The molecule has 0 saturated carbocycles. The van der Waals surface area contributed by atoms with Crippen LogP contribution in [0.1, 0.15) is 30.5 Å². The van der Waals surface area contributed by atoms with Crippen LogP contribution in [0.15, 0.2) is 24.2 Å². The van der Waals surface area contributed by atoms with Gasteiger partial charge in [-0.2, -0.15) is 4.37 Å². The van der Waals surface area contributed by atoms with Crippen molar-refractivity contribution >= 4 is 40.6 Å². The first kappa shape index (κ1) is 15.2. The molecule has 1 aliphatic rings. The monoisotopic (exact) mass is 395 g/mol. The zero-order chi connectivity index (χ0) is 18.4. The normalized spacial score (nSPS) is 17.3. The minimum Gasteiger partial charge on any atom is -0.327 e. The number of benzene rings is 1. The molecule has 0 N–H and O–H groups in total. The van der Waals surface area contributed by atoms with Crippen molar-refractivity contribution < 1.29 is 6.17 Å². The van der Waals surface area contributed by atoms with Crippen molar-refractivity contribution in [2.45, 2.75) is 19.5 Å². The van der Waals surface area contributed by atoms with Gasteiger partial charge in [0, 0.05) is 23.7 Å². The Bertz CT molecular complexity index is 1010. The Morgan fingerprint density at radius 2 is 2.16 bits per heavy atom. The van der Waals surface area contributed by atoms with Gasteiger partial charge in [0.15, 0.2) is 16.7 Å². The zero-order valence-electron chi connectivity index (χ0n) is 14.0. The molecule has 1 aliphatic heterocycles. The number of halogens is 2. The van der Waals surface area contributed by atoms with Gasteiger partial charge >= 0.3 is 0 Å². The fourth-order valence-corrected chi connectivity index (χ4v) is 3.74. The van der Waals surface area contributed by atoms with Crippen LogP contribution in [0.3, 0.4) is 0 Å². The zero-order valence-corrected chi connectivity index (χ0v) is 15.3. The van der Waals surface area contributed by atoms with Crippen molar-refractivity contribution in [3.05, 3.63) is 45.9 Å². The average Bonchev–Trinajstić information content (AvgIpc) is 3.23. The predicted molar refractivity (Wildman–Crippen MR) is 94.8 cm³/mol. The number of carbonyl (C=O) groups is 1.